The van der Waals surface area contributed by atoms with E-state index in [4.69, 9.17) is 4.99 Å². The zero-order valence-electron chi connectivity index (χ0n) is 12.2. The Labute approximate surface area is 129 Å². The van der Waals surface area contributed by atoms with Crippen LogP contribution in [-0.2, 0) is 0 Å². The zero-order valence-corrected chi connectivity index (χ0v) is 13.0. The Hall–Kier alpha value is -2.13. The maximum Gasteiger partial charge on any atom is 0.190 e. The second-order valence-corrected chi connectivity index (χ2v) is 6.02. The van der Waals surface area contributed by atoms with E-state index >= 15 is 0 Å². The summed E-state index contributed by atoms with van der Waals surface area (Å²) < 4.78 is 2.30. The molecule has 3 aromatic rings. The maximum atomic E-state index is 4.79. The van der Waals surface area contributed by atoms with Crippen molar-refractivity contribution in [3.05, 3.63) is 70.8 Å². The molecule has 1 heterocycles. The molecule has 0 atom stereocenters. The number of hydrogen-bond acceptors (Lipinski definition) is 2. The summed E-state index contributed by atoms with van der Waals surface area (Å²) in [4.78, 5) is 5.83. The third-order valence-electron chi connectivity index (χ3n) is 3.31. The van der Waals surface area contributed by atoms with Gasteiger partial charge in [0.15, 0.2) is 4.80 Å². The number of thiazole rings is 1. The molecule has 0 spiro atoms. The smallest absolute Gasteiger partial charge is 0.190 e. The van der Waals surface area contributed by atoms with Gasteiger partial charge >= 0.3 is 0 Å². The fourth-order valence-electron chi connectivity index (χ4n) is 2.33. The summed E-state index contributed by atoms with van der Waals surface area (Å²) in [6.45, 7) is 4.40. The highest BCUT2D eigenvalue weighted by Gasteiger charge is 2.10. The van der Waals surface area contributed by atoms with Crippen LogP contribution in [-0.4, -0.2) is 4.57 Å². The molecule has 0 bridgehead atoms. The van der Waals surface area contributed by atoms with Crippen LogP contribution in [0.25, 0.3) is 11.3 Å². The second-order valence-electron chi connectivity index (χ2n) is 5.18. The predicted octanol–water partition coefficient (Wildman–Crippen LogP) is 5.03. The molecule has 2 aromatic carbocycles. The molecule has 0 radical (unpaired) electrons. The van der Waals surface area contributed by atoms with Crippen LogP contribution < -0.4 is 4.80 Å². The summed E-state index contributed by atoms with van der Waals surface area (Å²) in [5.41, 5.74) is 3.45. The summed E-state index contributed by atoms with van der Waals surface area (Å²) in [6.07, 6.45) is 0. The SMILES string of the molecule is CC(C)n1c(-c2ccccc2)csc1=Nc1ccccc1. The summed E-state index contributed by atoms with van der Waals surface area (Å²) >= 11 is 1.69. The minimum Gasteiger partial charge on any atom is -0.314 e. The van der Waals surface area contributed by atoms with Gasteiger partial charge in [0.05, 0.1) is 11.4 Å². The Morgan fingerprint density at radius 3 is 2.14 bits per heavy atom. The van der Waals surface area contributed by atoms with Crippen LogP contribution in [0, 0.1) is 0 Å². The van der Waals surface area contributed by atoms with Crippen molar-refractivity contribution in [3.63, 3.8) is 0 Å². The van der Waals surface area contributed by atoms with E-state index in [-0.39, 0.29) is 0 Å². The molecule has 3 heteroatoms. The lowest BCUT2D eigenvalue weighted by Crippen LogP contribution is -2.17. The lowest BCUT2D eigenvalue weighted by molar-refractivity contribution is 0.591. The molecule has 1 aromatic heterocycles. The summed E-state index contributed by atoms with van der Waals surface area (Å²) in [6, 6.07) is 21.0. The highest BCUT2D eigenvalue weighted by molar-refractivity contribution is 7.07. The van der Waals surface area contributed by atoms with Crippen LogP contribution in [0.2, 0.25) is 0 Å². The van der Waals surface area contributed by atoms with Crippen molar-refractivity contribution >= 4 is 17.0 Å². The molecular formula is C18H18N2S. The van der Waals surface area contributed by atoms with Crippen LogP contribution in [0.5, 0.6) is 0 Å². The van der Waals surface area contributed by atoms with Crippen LogP contribution in [0.3, 0.4) is 0 Å². The van der Waals surface area contributed by atoms with Gasteiger partial charge in [-0.1, -0.05) is 48.5 Å². The number of hydrogen-bond donors (Lipinski definition) is 0. The van der Waals surface area contributed by atoms with E-state index in [1.165, 1.54) is 11.3 Å². The predicted molar refractivity (Wildman–Crippen MR) is 89.8 cm³/mol. The second kappa shape index (κ2) is 6.10. The van der Waals surface area contributed by atoms with E-state index in [9.17, 15) is 0 Å². The Bertz CT molecular complexity index is 768. The van der Waals surface area contributed by atoms with Gasteiger partial charge in [-0.3, -0.25) is 0 Å². The number of nitrogens with zero attached hydrogens (tertiary/aromatic N) is 2. The lowest BCUT2D eigenvalue weighted by Gasteiger charge is -2.12. The molecule has 0 saturated heterocycles. The van der Waals surface area contributed by atoms with Crippen molar-refractivity contribution in [2.24, 2.45) is 4.99 Å². The van der Waals surface area contributed by atoms with Crippen molar-refractivity contribution in [1.29, 1.82) is 0 Å². The highest BCUT2D eigenvalue weighted by atomic mass is 32.1. The average Bonchev–Trinajstić information content (AvgIpc) is 2.93. The minimum atomic E-state index is 0.369. The number of benzene rings is 2. The van der Waals surface area contributed by atoms with Crippen molar-refractivity contribution in [3.8, 4) is 11.3 Å². The van der Waals surface area contributed by atoms with Gasteiger partial charge in [0.25, 0.3) is 0 Å². The molecular weight excluding hydrogens is 276 g/mol. The van der Waals surface area contributed by atoms with Gasteiger partial charge in [-0.05, 0) is 31.5 Å². The minimum absolute atomic E-state index is 0.369. The van der Waals surface area contributed by atoms with Gasteiger partial charge in [0.2, 0.25) is 0 Å². The quantitative estimate of drug-likeness (QED) is 0.644. The molecule has 0 aliphatic rings. The average molecular weight is 294 g/mol. The van der Waals surface area contributed by atoms with Gasteiger partial charge in [0.1, 0.15) is 0 Å². The van der Waals surface area contributed by atoms with Crippen LogP contribution in [0.1, 0.15) is 19.9 Å². The molecule has 3 rings (SSSR count). The Morgan fingerprint density at radius 1 is 0.905 bits per heavy atom. The molecule has 21 heavy (non-hydrogen) atoms. The number of para-hydroxylation sites is 1. The first kappa shape index (κ1) is 13.8. The van der Waals surface area contributed by atoms with Crippen molar-refractivity contribution in [1.82, 2.24) is 4.57 Å². The molecule has 0 amide bonds. The number of rotatable bonds is 3. The van der Waals surface area contributed by atoms with E-state index in [1.807, 2.05) is 36.4 Å². The lowest BCUT2D eigenvalue weighted by atomic mass is 10.1. The van der Waals surface area contributed by atoms with Crippen LogP contribution in [0.4, 0.5) is 5.69 Å². The first-order valence-corrected chi connectivity index (χ1v) is 7.99. The third-order valence-corrected chi connectivity index (χ3v) is 4.15. The van der Waals surface area contributed by atoms with Crippen LogP contribution in [0.15, 0.2) is 71.0 Å². The Morgan fingerprint density at radius 2 is 1.52 bits per heavy atom. The van der Waals surface area contributed by atoms with Crippen molar-refractivity contribution in [2.45, 2.75) is 19.9 Å². The maximum absolute atomic E-state index is 4.79. The summed E-state index contributed by atoms with van der Waals surface area (Å²) in [7, 11) is 0. The topological polar surface area (TPSA) is 17.3 Å². The van der Waals surface area contributed by atoms with Crippen molar-refractivity contribution in [2.75, 3.05) is 0 Å². The van der Waals surface area contributed by atoms with E-state index in [0.717, 1.165) is 10.5 Å². The summed E-state index contributed by atoms with van der Waals surface area (Å²) in [5.74, 6) is 0. The van der Waals surface area contributed by atoms with Gasteiger partial charge in [-0.2, -0.15) is 0 Å². The molecule has 0 N–H and O–H groups in total. The molecule has 0 aliphatic carbocycles. The first-order chi connectivity index (χ1) is 10.3. The molecule has 0 fully saturated rings. The normalized spacial score (nSPS) is 12.0. The zero-order chi connectivity index (χ0) is 14.7. The van der Waals surface area contributed by atoms with Gasteiger partial charge in [0, 0.05) is 11.4 Å². The Balaban J connectivity index is 2.16. The fraction of sp³-hybridized carbons (Fsp3) is 0.167. The van der Waals surface area contributed by atoms with Gasteiger partial charge in [-0.15, -0.1) is 11.3 Å². The van der Waals surface area contributed by atoms with Gasteiger partial charge in [-0.25, -0.2) is 4.99 Å². The first-order valence-electron chi connectivity index (χ1n) is 7.11. The number of aromatic nitrogens is 1. The highest BCUT2D eigenvalue weighted by Crippen LogP contribution is 2.23. The molecule has 0 aliphatic heterocycles. The monoisotopic (exact) mass is 294 g/mol. The van der Waals surface area contributed by atoms with E-state index in [2.05, 4.69) is 48.1 Å². The van der Waals surface area contributed by atoms with Crippen molar-refractivity contribution < 1.29 is 0 Å². The molecule has 0 saturated carbocycles. The van der Waals surface area contributed by atoms with Crippen LogP contribution >= 0.6 is 11.3 Å². The third kappa shape index (κ3) is 2.98. The summed E-state index contributed by atoms with van der Waals surface area (Å²) in [5, 5.41) is 2.19. The standard InChI is InChI=1S/C18H18N2S/c1-14(2)20-17(15-9-5-3-6-10-15)13-21-18(20)19-16-11-7-4-8-12-16/h3-14H,1-2H3. The molecule has 2 nitrogen and oxygen atoms in total. The molecule has 106 valence electrons. The van der Waals surface area contributed by atoms with E-state index in [0.29, 0.717) is 6.04 Å². The molecule has 0 unspecified atom stereocenters. The van der Waals surface area contributed by atoms with Gasteiger partial charge < -0.3 is 4.57 Å². The van der Waals surface area contributed by atoms with E-state index in [1.54, 1.807) is 11.3 Å². The van der Waals surface area contributed by atoms with E-state index < -0.39 is 0 Å². The largest absolute Gasteiger partial charge is 0.314 e. The Kier molecular flexibility index (Phi) is 4.02. The fourth-order valence-corrected chi connectivity index (χ4v) is 3.38.